The van der Waals surface area contributed by atoms with Crippen LogP contribution in [0.2, 0.25) is 0 Å². The summed E-state index contributed by atoms with van der Waals surface area (Å²) in [4.78, 5) is 16.4. The Morgan fingerprint density at radius 3 is 2.42 bits per heavy atom. The van der Waals surface area contributed by atoms with Crippen molar-refractivity contribution in [3.8, 4) is 0 Å². The van der Waals surface area contributed by atoms with Crippen molar-refractivity contribution < 1.29 is 4.79 Å². The molecule has 1 heterocycles. The third-order valence-corrected chi connectivity index (χ3v) is 3.52. The number of anilines is 1. The van der Waals surface area contributed by atoms with Crippen molar-refractivity contribution >= 4 is 27.7 Å². The minimum Gasteiger partial charge on any atom is -0.307 e. The Morgan fingerprint density at radius 2 is 1.79 bits per heavy atom. The van der Waals surface area contributed by atoms with E-state index in [0.717, 1.165) is 15.6 Å². The average Bonchev–Trinajstić information content (AvgIpc) is 2.36. The largest absolute Gasteiger partial charge is 0.307 e. The second-order valence-electron chi connectivity index (χ2n) is 4.57. The molecule has 0 fully saturated rings. The molecule has 3 nitrogen and oxygen atoms in total. The maximum Gasteiger partial charge on any atom is 0.257 e. The minimum absolute atomic E-state index is 0.129. The van der Waals surface area contributed by atoms with Crippen LogP contribution in [0.1, 0.15) is 27.0 Å². The molecular formula is C15H15BrN2O. The van der Waals surface area contributed by atoms with Gasteiger partial charge in [0.05, 0.1) is 0 Å². The van der Waals surface area contributed by atoms with Crippen LogP contribution in [0, 0.1) is 20.8 Å². The number of hydrogen-bond donors (Lipinski definition) is 1. The molecule has 0 saturated heterocycles. The predicted molar refractivity (Wildman–Crippen MR) is 80.5 cm³/mol. The van der Waals surface area contributed by atoms with Crippen molar-refractivity contribution in [3.05, 3.63) is 57.2 Å². The van der Waals surface area contributed by atoms with E-state index in [4.69, 9.17) is 0 Å². The lowest BCUT2D eigenvalue weighted by Crippen LogP contribution is -2.14. The second kappa shape index (κ2) is 5.53. The van der Waals surface area contributed by atoms with Gasteiger partial charge in [-0.05, 0) is 71.6 Å². The predicted octanol–water partition coefficient (Wildman–Crippen LogP) is 4.02. The van der Waals surface area contributed by atoms with Crippen LogP contribution in [0.5, 0.6) is 0 Å². The molecule has 0 saturated carbocycles. The zero-order chi connectivity index (χ0) is 14.0. The monoisotopic (exact) mass is 318 g/mol. The Hall–Kier alpha value is -1.68. The van der Waals surface area contributed by atoms with Crippen LogP contribution in [0.4, 0.5) is 5.82 Å². The van der Waals surface area contributed by atoms with E-state index in [1.54, 1.807) is 12.3 Å². The van der Waals surface area contributed by atoms with Crippen LogP contribution in [0.3, 0.4) is 0 Å². The third-order valence-electron chi connectivity index (χ3n) is 3.05. The molecule has 4 heteroatoms. The van der Waals surface area contributed by atoms with Crippen molar-refractivity contribution in [2.24, 2.45) is 0 Å². The average molecular weight is 319 g/mol. The lowest BCUT2D eigenvalue weighted by molar-refractivity contribution is 0.102. The van der Waals surface area contributed by atoms with Gasteiger partial charge in [0.2, 0.25) is 0 Å². The molecule has 98 valence electrons. The van der Waals surface area contributed by atoms with Gasteiger partial charge in [-0.3, -0.25) is 4.79 Å². The van der Waals surface area contributed by atoms with E-state index in [2.05, 4.69) is 26.2 Å². The van der Waals surface area contributed by atoms with Gasteiger partial charge in [-0.2, -0.15) is 0 Å². The third kappa shape index (κ3) is 3.20. The Bertz CT molecular complexity index is 621. The highest BCUT2D eigenvalue weighted by atomic mass is 79.9. The summed E-state index contributed by atoms with van der Waals surface area (Å²) >= 11 is 3.31. The highest BCUT2D eigenvalue weighted by molar-refractivity contribution is 9.10. The van der Waals surface area contributed by atoms with Gasteiger partial charge in [-0.1, -0.05) is 6.07 Å². The summed E-state index contributed by atoms with van der Waals surface area (Å²) in [6, 6.07) is 7.55. The SMILES string of the molecule is Cc1cc(C)c(C(=O)Nc2ccc(Br)cn2)cc1C. The van der Waals surface area contributed by atoms with E-state index in [1.807, 2.05) is 39.0 Å². The molecule has 0 atom stereocenters. The van der Waals surface area contributed by atoms with E-state index >= 15 is 0 Å². The van der Waals surface area contributed by atoms with Crippen LogP contribution in [-0.4, -0.2) is 10.9 Å². The molecule has 1 amide bonds. The van der Waals surface area contributed by atoms with Crippen LogP contribution in [0.25, 0.3) is 0 Å². The maximum absolute atomic E-state index is 12.2. The van der Waals surface area contributed by atoms with Gasteiger partial charge in [-0.25, -0.2) is 4.98 Å². The van der Waals surface area contributed by atoms with Crippen LogP contribution < -0.4 is 5.32 Å². The van der Waals surface area contributed by atoms with E-state index in [-0.39, 0.29) is 5.91 Å². The summed E-state index contributed by atoms with van der Waals surface area (Å²) in [6.45, 7) is 5.99. The van der Waals surface area contributed by atoms with E-state index in [1.165, 1.54) is 5.56 Å². The van der Waals surface area contributed by atoms with Crippen molar-refractivity contribution in [2.75, 3.05) is 5.32 Å². The summed E-state index contributed by atoms with van der Waals surface area (Å²) in [5.41, 5.74) is 3.96. The Kier molecular flexibility index (Phi) is 4.00. The molecule has 0 aliphatic heterocycles. The van der Waals surface area contributed by atoms with Gasteiger partial charge in [0, 0.05) is 16.2 Å². The molecule has 1 aromatic heterocycles. The van der Waals surface area contributed by atoms with Crippen LogP contribution in [-0.2, 0) is 0 Å². The Labute approximate surface area is 121 Å². The number of nitrogens with one attached hydrogen (secondary N) is 1. The van der Waals surface area contributed by atoms with Crippen molar-refractivity contribution in [3.63, 3.8) is 0 Å². The Balaban J connectivity index is 2.25. The summed E-state index contributed by atoms with van der Waals surface area (Å²) in [6.07, 6.45) is 1.66. The van der Waals surface area contributed by atoms with Crippen molar-refractivity contribution in [1.29, 1.82) is 0 Å². The minimum atomic E-state index is -0.129. The van der Waals surface area contributed by atoms with Gasteiger partial charge < -0.3 is 5.32 Å². The first kappa shape index (κ1) is 13.7. The molecule has 0 spiro atoms. The normalized spacial score (nSPS) is 10.3. The number of benzene rings is 1. The summed E-state index contributed by atoms with van der Waals surface area (Å²) < 4.78 is 0.882. The van der Waals surface area contributed by atoms with E-state index in [9.17, 15) is 4.79 Å². The highest BCUT2D eigenvalue weighted by Gasteiger charge is 2.11. The fourth-order valence-corrected chi connectivity index (χ4v) is 2.07. The smallest absolute Gasteiger partial charge is 0.257 e. The highest BCUT2D eigenvalue weighted by Crippen LogP contribution is 2.17. The molecule has 2 rings (SSSR count). The number of amides is 1. The van der Waals surface area contributed by atoms with E-state index in [0.29, 0.717) is 11.4 Å². The lowest BCUT2D eigenvalue weighted by atomic mass is 10.0. The molecule has 1 aromatic carbocycles. The maximum atomic E-state index is 12.2. The van der Waals surface area contributed by atoms with Gasteiger partial charge in [0.25, 0.3) is 5.91 Å². The number of hydrogen-bond acceptors (Lipinski definition) is 2. The van der Waals surface area contributed by atoms with Crippen LogP contribution in [0.15, 0.2) is 34.9 Å². The van der Waals surface area contributed by atoms with Crippen LogP contribution >= 0.6 is 15.9 Å². The fraction of sp³-hybridized carbons (Fsp3) is 0.200. The van der Waals surface area contributed by atoms with Crippen molar-refractivity contribution in [1.82, 2.24) is 4.98 Å². The molecule has 1 N–H and O–H groups in total. The number of rotatable bonds is 2. The lowest BCUT2D eigenvalue weighted by Gasteiger charge is -2.10. The van der Waals surface area contributed by atoms with E-state index < -0.39 is 0 Å². The number of halogens is 1. The quantitative estimate of drug-likeness (QED) is 0.908. The summed E-state index contributed by atoms with van der Waals surface area (Å²) in [7, 11) is 0. The molecular weight excluding hydrogens is 304 g/mol. The number of aromatic nitrogens is 1. The summed E-state index contributed by atoms with van der Waals surface area (Å²) in [5, 5.41) is 2.80. The number of nitrogens with zero attached hydrogens (tertiary/aromatic N) is 1. The van der Waals surface area contributed by atoms with Gasteiger partial charge in [-0.15, -0.1) is 0 Å². The van der Waals surface area contributed by atoms with Gasteiger partial charge in [0.1, 0.15) is 5.82 Å². The first-order chi connectivity index (χ1) is 8.97. The molecule has 0 aliphatic carbocycles. The zero-order valence-corrected chi connectivity index (χ0v) is 12.7. The molecule has 0 radical (unpaired) electrons. The zero-order valence-electron chi connectivity index (χ0n) is 11.1. The first-order valence-corrected chi connectivity index (χ1v) is 6.77. The molecule has 0 unspecified atom stereocenters. The number of carbonyl (C=O) groups is 1. The molecule has 2 aromatic rings. The second-order valence-corrected chi connectivity index (χ2v) is 5.48. The number of pyridine rings is 1. The number of aryl methyl sites for hydroxylation is 3. The van der Waals surface area contributed by atoms with Gasteiger partial charge in [0.15, 0.2) is 0 Å². The molecule has 0 bridgehead atoms. The van der Waals surface area contributed by atoms with Gasteiger partial charge >= 0.3 is 0 Å². The Morgan fingerprint density at radius 1 is 1.11 bits per heavy atom. The first-order valence-electron chi connectivity index (χ1n) is 5.98. The number of carbonyl (C=O) groups excluding carboxylic acids is 1. The van der Waals surface area contributed by atoms with Crippen molar-refractivity contribution in [2.45, 2.75) is 20.8 Å². The molecule has 0 aliphatic rings. The summed E-state index contributed by atoms with van der Waals surface area (Å²) in [5.74, 6) is 0.418. The topological polar surface area (TPSA) is 42.0 Å². The standard InChI is InChI=1S/C15H15BrN2O/c1-9-6-11(3)13(7-10(9)2)15(19)18-14-5-4-12(16)8-17-14/h4-8H,1-3H3,(H,17,18,19). The fourth-order valence-electron chi connectivity index (χ4n) is 1.84. The molecule has 19 heavy (non-hydrogen) atoms.